The van der Waals surface area contributed by atoms with Gasteiger partial charge in [-0.1, -0.05) is 0 Å². The van der Waals surface area contributed by atoms with Crippen LogP contribution in [0, 0.1) is 0 Å². The third-order valence-electron chi connectivity index (χ3n) is 1.80. The van der Waals surface area contributed by atoms with Crippen molar-refractivity contribution in [1.82, 2.24) is 9.13 Å². The molecule has 2 rings (SSSR count). The van der Waals surface area contributed by atoms with E-state index < -0.39 is 11.4 Å². The summed E-state index contributed by atoms with van der Waals surface area (Å²) in [6.07, 6.45) is 12.0. The lowest BCUT2D eigenvalue weighted by atomic mass is 10.9. The maximum absolute atomic E-state index is 8.44. The highest BCUT2D eigenvalue weighted by molar-refractivity contribution is 7.72. The zero-order valence-electron chi connectivity index (χ0n) is 10.9. The number of hydrogen-bond acceptors (Lipinski definition) is 3. The lowest BCUT2D eigenvalue weighted by Crippen LogP contribution is -2.23. The monoisotopic (exact) mass is 274 g/mol. The lowest BCUT2D eigenvalue weighted by molar-refractivity contribution is -0.671. The van der Waals surface area contributed by atoms with E-state index in [1.807, 2.05) is 83.9 Å². The van der Waals surface area contributed by atoms with Gasteiger partial charge in [-0.05, 0) is 0 Å². The van der Waals surface area contributed by atoms with Crippen molar-refractivity contribution in [2.24, 2.45) is 28.2 Å². The summed E-state index contributed by atoms with van der Waals surface area (Å²) in [5.41, 5.74) is 0. The van der Waals surface area contributed by atoms with Crippen molar-refractivity contribution in [2.75, 3.05) is 0 Å². The van der Waals surface area contributed by atoms with Crippen molar-refractivity contribution in [1.29, 1.82) is 0 Å². The van der Waals surface area contributed by atoms with E-state index in [0.29, 0.717) is 0 Å². The molecule has 0 fully saturated rings. The van der Waals surface area contributed by atoms with Crippen LogP contribution in [0.4, 0.5) is 0 Å². The van der Waals surface area contributed by atoms with Gasteiger partial charge in [0.2, 0.25) is 12.7 Å². The van der Waals surface area contributed by atoms with Crippen LogP contribution in [0.3, 0.4) is 0 Å². The average Bonchev–Trinajstić information content (AvgIpc) is 2.76. The van der Waals surface area contributed by atoms with E-state index >= 15 is 0 Å². The van der Waals surface area contributed by atoms with Crippen molar-refractivity contribution >= 4 is 11.4 Å². The SMILES string of the molecule is Cn1cc[n+](C)c1.Cn1cc[n+](C)c1.O=S([O-])[O-]. The van der Waals surface area contributed by atoms with Gasteiger partial charge in [0.05, 0.1) is 28.2 Å². The molecule has 0 aliphatic carbocycles. The molecule has 0 atom stereocenters. The number of aryl methyl sites for hydroxylation is 4. The molecule has 0 spiro atoms. The molecule has 18 heavy (non-hydrogen) atoms. The summed E-state index contributed by atoms with van der Waals surface area (Å²) < 4.78 is 33.3. The Morgan fingerprint density at radius 2 is 1.22 bits per heavy atom. The summed E-state index contributed by atoms with van der Waals surface area (Å²) in [6, 6.07) is 0. The fraction of sp³-hybridized carbons (Fsp3) is 0.400. The standard InChI is InChI=1S/2C5H9N2.H2O3S/c2*1-6-3-4-7(2)5-6;1-4(2)3/h2*3-5H,1-2H3;(H2,1,2,3)/q2*+1;/p-2. The van der Waals surface area contributed by atoms with E-state index in [4.69, 9.17) is 13.3 Å². The summed E-state index contributed by atoms with van der Waals surface area (Å²) in [6.45, 7) is 0. The minimum atomic E-state index is -3.11. The van der Waals surface area contributed by atoms with Crippen molar-refractivity contribution < 1.29 is 22.4 Å². The van der Waals surface area contributed by atoms with Crippen molar-refractivity contribution in [3.8, 4) is 0 Å². The maximum atomic E-state index is 8.44. The van der Waals surface area contributed by atoms with Gasteiger partial charge in [-0.2, -0.15) is 0 Å². The second-order valence-corrected chi connectivity index (χ2v) is 4.10. The molecule has 2 heterocycles. The Hall–Kier alpha value is -1.51. The van der Waals surface area contributed by atoms with E-state index in [1.54, 1.807) is 0 Å². The van der Waals surface area contributed by atoms with E-state index in [1.165, 1.54) is 0 Å². The zero-order chi connectivity index (χ0) is 14.1. The summed E-state index contributed by atoms with van der Waals surface area (Å²) in [5.74, 6) is 0. The minimum absolute atomic E-state index is 2.00. The highest BCUT2D eigenvalue weighted by Crippen LogP contribution is 1.71. The Labute approximate surface area is 109 Å². The molecule has 0 aromatic carbocycles. The van der Waals surface area contributed by atoms with Crippen LogP contribution in [0.2, 0.25) is 0 Å². The molecule has 2 aromatic rings. The average molecular weight is 274 g/mol. The van der Waals surface area contributed by atoms with Gasteiger partial charge in [-0.15, -0.1) is 11.4 Å². The van der Waals surface area contributed by atoms with Crippen LogP contribution in [0.1, 0.15) is 0 Å². The minimum Gasteiger partial charge on any atom is -0.784 e. The Morgan fingerprint density at radius 1 is 0.944 bits per heavy atom. The van der Waals surface area contributed by atoms with Crippen LogP contribution in [-0.2, 0) is 39.6 Å². The summed E-state index contributed by atoms with van der Waals surface area (Å²) in [7, 11) is 8.00. The molecule has 0 unspecified atom stereocenters. The number of nitrogens with zero attached hydrogens (tertiary/aromatic N) is 4. The van der Waals surface area contributed by atoms with E-state index in [0.717, 1.165) is 0 Å². The second kappa shape index (κ2) is 8.56. The highest BCUT2D eigenvalue weighted by Gasteiger charge is 1.88. The van der Waals surface area contributed by atoms with Gasteiger partial charge in [-0.25, -0.2) is 18.3 Å². The fourth-order valence-corrected chi connectivity index (χ4v) is 1.15. The first-order valence-corrected chi connectivity index (χ1v) is 6.02. The van der Waals surface area contributed by atoms with E-state index in [-0.39, 0.29) is 0 Å². The molecule has 0 saturated heterocycles. The van der Waals surface area contributed by atoms with Crippen LogP contribution in [0.5, 0.6) is 0 Å². The molecule has 0 N–H and O–H groups in total. The van der Waals surface area contributed by atoms with Gasteiger partial charge in [0.15, 0.2) is 0 Å². The van der Waals surface area contributed by atoms with Crippen LogP contribution >= 0.6 is 0 Å². The Balaban J connectivity index is 0.000000253. The number of imidazole rings is 2. The van der Waals surface area contributed by atoms with E-state index in [9.17, 15) is 0 Å². The Kier molecular flexibility index (Phi) is 7.84. The molecule has 0 amide bonds. The maximum Gasteiger partial charge on any atom is 0.243 e. The predicted molar refractivity (Wildman–Crippen MR) is 62.9 cm³/mol. The topological polar surface area (TPSA) is 80.8 Å². The molecule has 0 saturated carbocycles. The second-order valence-electron chi connectivity index (χ2n) is 3.69. The summed E-state index contributed by atoms with van der Waals surface area (Å²) >= 11 is -3.11. The Bertz CT molecular complexity index is 406. The van der Waals surface area contributed by atoms with Gasteiger partial charge in [0, 0.05) is 0 Å². The van der Waals surface area contributed by atoms with E-state index in [2.05, 4.69) is 0 Å². The number of rotatable bonds is 0. The predicted octanol–water partition coefficient (Wildman–Crippen LogP) is -1.30. The molecule has 0 aliphatic rings. The van der Waals surface area contributed by atoms with Crippen molar-refractivity contribution in [3.63, 3.8) is 0 Å². The third-order valence-corrected chi connectivity index (χ3v) is 1.80. The van der Waals surface area contributed by atoms with Crippen LogP contribution < -0.4 is 9.13 Å². The number of hydrogen-bond donors (Lipinski definition) is 0. The van der Waals surface area contributed by atoms with Gasteiger partial charge in [-0.3, -0.25) is 4.21 Å². The first-order valence-electron chi connectivity index (χ1n) is 5.02. The molecule has 2 aromatic heterocycles. The molecule has 0 radical (unpaired) electrons. The van der Waals surface area contributed by atoms with Crippen LogP contribution in [0.15, 0.2) is 37.4 Å². The van der Waals surface area contributed by atoms with Crippen molar-refractivity contribution in [3.05, 3.63) is 37.4 Å². The zero-order valence-corrected chi connectivity index (χ0v) is 11.7. The van der Waals surface area contributed by atoms with Gasteiger partial charge >= 0.3 is 0 Å². The summed E-state index contributed by atoms with van der Waals surface area (Å²) in [5, 5.41) is 0. The number of aromatic nitrogens is 4. The van der Waals surface area contributed by atoms with Crippen LogP contribution in [-0.4, -0.2) is 22.4 Å². The molecule has 102 valence electrons. The lowest BCUT2D eigenvalue weighted by Gasteiger charge is -2.03. The quantitative estimate of drug-likeness (QED) is 0.442. The molecular weight excluding hydrogens is 256 g/mol. The molecule has 8 heteroatoms. The highest BCUT2D eigenvalue weighted by atomic mass is 32.2. The summed E-state index contributed by atoms with van der Waals surface area (Å²) in [4.78, 5) is 0. The normalized spacial score (nSPS) is 9.28. The van der Waals surface area contributed by atoms with Gasteiger partial charge in [0.25, 0.3) is 0 Å². The smallest absolute Gasteiger partial charge is 0.243 e. The first-order chi connectivity index (χ1) is 8.31. The molecular formula is C10H18N4O3S. The Morgan fingerprint density at radius 3 is 1.28 bits per heavy atom. The first kappa shape index (κ1) is 16.5. The third kappa shape index (κ3) is 9.70. The van der Waals surface area contributed by atoms with Crippen LogP contribution in [0.25, 0.3) is 0 Å². The van der Waals surface area contributed by atoms with Gasteiger partial charge in [0.1, 0.15) is 24.8 Å². The van der Waals surface area contributed by atoms with Gasteiger partial charge < -0.3 is 9.11 Å². The molecule has 0 aliphatic heterocycles. The molecule has 7 nitrogen and oxygen atoms in total. The largest absolute Gasteiger partial charge is 0.784 e. The fourth-order valence-electron chi connectivity index (χ4n) is 1.15. The van der Waals surface area contributed by atoms with Crippen molar-refractivity contribution in [2.45, 2.75) is 0 Å². The molecule has 0 bridgehead atoms.